The quantitative estimate of drug-likeness (QED) is 0.0378. The van der Waals surface area contributed by atoms with Gasteiger partial charge >= 0.3 is 0 Å². The van der Waals surface area contributed by atoms with E-state index in [9.17, 15) is 117 Å². The van der Waals surface area contributed by atoms with Gasteiger partial charge in [0.2, 0.25) is 0 Å². The highest BCUT2D eigenvalue weighted by molar-refractivity contribution is 5.17. The number of aliphatic hydroxyl groups is 23. The van der Waals surface area contributed by atoms with Gasteiger partial charge in [-0.1, -0.05) is 27.7 Å². The van der Waals surface area contributed by atoms with E-state index in [1.165, 1.54) is 6.92 Å². The molecule has 39 heteroatoms. The van der Waals surface area contributed by atoms with E-state index in [1.54, 1.807) is 7.11 Å². The van der Waals surface area contributed by atoms with Crippen molar-refractivity contribution < 1.29 is 193 Å². The summed E-state index contributed by atoms with van der Waals surface area (Å²) in [4.78, 5) is 0. The molecule has 632 valence electrons. The maximum Gasteiger partial charge on any atom is 0.187 e. The largest absolute Gasteiger partial charge is 0.394 e. The number of methoxy groups -OCH3 is 1. The van der Waals surface area contributed by atoms with Gasteiger partial charge in [-0.25, -0.2) is 0 Å². The zero-order valence-corrected chi connectivity index (χ0v) is 61.6. The van der Waals surface area contributed by atoms with Crippen LogP contribution in [0.25, 0.3) is 0 Å². The Bertz CT molecular complexity index is 2880. The highest BCUT2D eigenvalue weighted by Gasteiger charge is 2.70. The molecule has 8 heterocycles. The SMILES string of the molecule is CO[C@]1(CC[C@@H](C)CO[C@@H]2O[C@H](CO)[C@@H](O)[C@H](O)[C@H]2O)O[C@H]2C[C@H]3[C@@H]4C[C@H](O)[C@H]5C[C@@H](O[C@@H]6O[C@H](CO)[C@H](O[C@@H]7O[C@H](CO)[C@@H](O)[C@H](O[C@@H]8O[C@H](CO)[C@@H](O[C@@H]9O[C@@H](C)[C@H](O)[C@@H](O)[C@H]9O)[C@H](O)[C@H]8O)[C@H]7O)[C@H](O)[C@H]6O[C@@H]6O[C@H](CO)[C@@H](O)[C@H](O[C@@H]7O[C@H](CO)[C@@H](O)[C@H](O)[C@H]7O)[C@H]6O)CC[C@]5(C)[C@H]4CC[C@]3(C)[C@H]2[C@@H]1C. The Hall–Kier alpha value is -1.56. The van der Waals surface area contributed by atoms with E-state index in [1.807, 2.05) is 6.92 Å². The molecule has 109 heavy (non-hydrogen) atoms. The molecule has 0 radical (unpaired) electrons. The molecule has 0 spiro atoms. The Morgan fingerprint density at radius 2 is 0.817 bits per heavy atom. The lowest BCUT2D eigenvalue weighted by Gasteiger charge is -2.62. The van der Waals surface area contributed by atoms with Gasteiger partial charge in [0.1, 0.15) is 165 Å². The van der Waals surface area contributed by atoms with Crippen molar-refractivity contribution in [3.63, 3.8) is 0 Å². The molecule has 0 aromatic heterocycles. The molecular weight excluding hydrogens is 1460 g/mol. The van der Waals surface area contributed by atoms with Crippen molar-refractivity contribution in [2.24, 2.45) is 52.3 Å². The molecule has 0 aromatic carbocycles. The molecule has 4 aliphatic carbocycles. The molecule has 4 saturated carbocycles. The first-order chi connectivity index (χ1) is 51.7. The Labute approximate surface area is 628 Å². The van der Waals surface area contributed by atoms with Gasteiger partial charge in [-0.05, 0) is 105 Å². The van der Waals surface area contributed by atoms with E-state index in [-0.39, 0.29) is 66.0 Å². The van der Waals surface area contributed by atoms with Crippen LogP contribution >= 0.6 is 0 Å². The molecule has 12 fully saturated rings. The lowest BCUT2D eigenvalue weighted by atomic mass is 9.43. The van der Waals surface area contributed by atoms with Crippen molar-refractivity contribution in [3.05, 3.63) is 0 Å². The third-order valence-electron chi connectivity index (χ3n) is 26.7. The van der Waals surface area contributed by atoms with Crippen molar-refractivity contribution in [2.45, 2.75) is 331 Å². The van der Waals surface area contributed by atoms with Gasteiger partial charge in [0.05, 0.1) is 70.7 Å². The summed E-state index contributed by atoms with van der Waals surface area (Å²) >= 11 is 0. The third-order valence-corrected chi connectivity index (χ3v) is 26.7. The Balaban J connectivity index is 0.749. The first-order valence-electron chi connectivity index (χ1n) is 38.3. The van der Waals surface area contributed by atoms with Gasteiger partial charge in [-0.15, -0.1) is 0 Å². The van der Waals surface area contributed by atoms with Gasteiger partial charge in [-0.2, -0.15) is 0 Å². The predicted octanol–water partition coefficient (Wildman–Crippen LogP) is -9.83. The molecule has 8 aliphatic heterocycles. The van der Waals surface area contributed by atoms with E-state index < -0.39 is 278 Å². The van der Waals surface area contributed by atoms with E-state index in [0.717, 1.165) is 19.3 Å². The van der Waals surface area contributed by atoms with Crippen molar-refractivity contribution in [1.82, 2.24) is 0 Å². The van der Waals surface area contributed by atoms with Crippen molar-refractivity contribution in [2.75, 3.05) is 53.4 Å². The topological polar surface area (TPSA) is 613 Å². The zero-order chi connectivity index (χ0) is 79.1. The van der Waals surface area contributed by atoms with E-state index in [0.29, 0.717) is 32.1 Å². The first-order valence-corrected chi connectivity index (χ1v) is 38.3. The molecule has 8 saturated heterocycles. The van der Waals surface area contributed by atoms with Crippen molar-refractivity contribution in [3.8, 4) is 0 Å². The van der Waals surface area contributed by atoms with Crippen LogP contribution in [0.5, 0.6) is 0 Å². The zero-order valence-electron chi connectivity index (χ0n) is 61.6. The maximum atomic E-state index is 12.9. The monoisotopic (exact) mass is 1580 g/mol. The third kappa shape index (κ3) is 16.2. The van der Waals surface area contributed by atoms with Crippen LogP contribution in [0.2, 0.25) is 0 Å². The number of hydrogen-bond acceptors (Lipinski definition) is 39. The standard InChI is InChI=1S/C70H118O39/c1-23(22-95-61-49(87)46(84)41(79)33(16-71)98-61)7-12-70(94-6)24(2)39-32(109-70)15-29-27-14-31(77)30-13-26(8-10-68(30,4)28(27)9-11-69(29,39)5)97-67-60(108-66-55(93)59(44(82)36(19-74)101-66)106-63-51(89)47(85)42(80)34(17-72)99-63)53(91)57(38(21-76)103-67)105-65-54(92)58(43(81)35(18-73)100-65)107-64-52(90)48(86)56(37(20-75)102-64)104-62-50(88)45(83)40(78)25(3)96-62/h23-67,71-93H,7-22H2,1-6H3/t23-,24+,25+,26+,27-,28+,29+,30-,31+,32+,33-,34-,35-,36-,37-,38-,39+,40+,41-,42-,43-,44-,45-,46+,47+,48-,49-,50-,51-,52-,53+,54-,55-,56-,57+,58+,59+,60-,61-,62+,63+,64+,65+,66+,67-,68-,69+,70-/m1/s1. The van der Waals surface area contributed by atoms with Crippen LogP contribution in [0.15, 0.2) is 0 Å². The van der Waals surface area contributed by atoms with Crippen LogP contribution in [0.4, 0.5) is 0 Å². The van der Waals surface area contributed by atoms with E-state index in [2.05, 4.69) is 20.8 Å². The second-order valence-corrected chi connectivity index (χ2v) is 33.0. The Morgan fingerprint density at radius 1 is 0.385 bits per heavy atom. The molecule has 48 atom stereocenters. The molecule has 0 aromatic rings. The average molecular weight is 1580 g/mol. The van der Waals surface area contributed by atoms with Crippen LogP contribution < -0.4 is 0 Å². The second kappa shape index (κ2) is 35.2. The molecule has 0 amide bonds. The van der Waals surface area contributed by atoms with E-state index in [4.69, 9.17) is 75.8 Å². The Morgan fingerprint density at radius 3 is 1.35 bits per heavy atom. The molecule has 23 N–H and O–H groups in total. The minimum Gasteiger partial charge on any atom is -0.394 e. The fourth-order valence-corrected chi connectivity index (χ4v) is 20.4. The summed E-state index contributed by atoms with van der Waals surface area (Å²) in [6.07, 6.45) is -60.6. The van der Waals surface area contributed by atoms with E-state index >= 15 is 0 Å². The molecule has 39 nitrogen and oxygen atoms in total. The number of aliphatic hydroxyl groups excluding tert-OH is 23. The van der Waals surface area contributed by atoms with Crippen LogP contribution in [-0.2, 0) is 75.8 Å². The number of hydrogen-bond donors (Lipinski definition) is 23. The predicted molar refractivity (Wildman–Crippen MR) is 354 cm³/mol. The number of ether oxygens (including phenoxy) is 16. The van der Waals surface area contributed by atoms with Gasteiger partial charge in [-0.3, -0.25) is 0 Å². The summed E-state index contributed by atoms with van der Waals surface area (Å²) in [6, 6.07) is 0. The molecule has 0 unspecified atom stereocenters. The fourth-order valence-electron chi connectivity index (χ4n) is 20.4. The maximum absolute atomic E-state index is 12.9. The Kier molecular flexibility index (Phi) is 28.0. The highest BCUT2D eigenvalue weighted by atomic mass is 16.8. The van der Waals surface area contributed by atoms with Gasteiger partial charge in [0.25, 0.3) is 0 Å². The van der Waals surface area contributed by atoms with Crippen LogP contribution in [-0.4, -0.2) is 410 Å². The van der Waals surface area contributed by atoms with Crippen molar-refractivity contribution >= 4 is 0 Å². The lowest BCUT2D eigenvalue weighted by molar-refractivity contribution is -0.405. The molecule has 0 bridgehead atoms. The van der Waals surface area contributed by atoms with Crippen molar-refractivity contribution in [1.29, 1.82) is 0 Å². The summed E-state index contributed by atoms with van der Waals surface area (Å²) in [5.74, 6) is -0.968. The first kappa shape index (κ1) is 86.8. The van der Waals surface area contributed by atoms with Gasteiger partial charge in [0, 0.05) is 19.4 Å². The number of rotatable bonds is 25. The van der Waals surface area contributed by atoms with Crippen LogP contribution in [0.3, 0.4) is 0 Å². The van der Waals surface area contributed by atoms with Crippen LogP contribution in [0.1, 0.15) is 92.4 Å². The smallest absolute Gasteiger partial charge is 0.187 e. The summed E-state index contributed by atoms with van der Waals surface area (Å²) in [5, 5.41) is 253. The number of fused-ring (bicyclic) bond motifs is 7. The second-order valence-electron chi connectivity index (χ2n) is 33.0. The van der Waals surface area contributed by atoms with Gasteiger partial charge in [0.15, 0.2) is 49.8 Å². The summed E-state index contributed by atoms with van der Waals surface area (Å²) in [7, 11) is 1.65. The average Bonchev–Trinajstić information content (AvgIpc) is 1.57. The molecule has 12 rings (SSSR count). The van der Waals surface area contributed by atoms with Gasteiger partial charge < -0.3 is 193 Å². The fraction of sp³-hybridized carbons (Fsp3) is 1.00. The summed E-state index contributed by atoms with van der Waals surface area (Å²) in [6.45, 7) is 4.68. The minimum absolute atomic E-state index is 0.0540. The van der Waals surface area contributed by atoms with Crippen LogP contribution in [0, 0.1) is 52.3 Å². The summed E-state index contributed by atoms with van der Waals surface area (Å²) < 4.78 is 96.9. The summed E-state index contributed by atoms with van der Waals surface area (Å²) in [5.41, 5.74) is -0.655. The molecule has 12 aliphatic rings. The lowest BCUT2D eigenvalue weighted by Crippen LogP contribution is -2.68. The minimum atomic E-state index is -2.24. The normalized spacial score (nSPS) is 55.3. The highest BCUT2D eigenvalue weighted by Crippen LogP contribution is 2.71. The molecular formula is C70H118O39.